The standard InChI is InChI=1S/C26H23N3O2/c1-17-5-4-6-20(11-17)16-31-24-10-8-19(14-25(24)30-3)13-21(15-27)26-28-22-9-7-18(2)12-23(22)29-26/h4-14H,16H2,1-3H3,(H,28,29)/b21-13-. The van der Waals surface area contributed by atoms with Crippen LogP contribution in [0, 0.1) is 25.2 Å². The van der Waals surface area contributed by atoms with Crippen LogP contribution in [0.4, 0.5) is 0 Å². The van der Waals surface area contributed by atoms with E-state index >= 15 is 0 Å². The Morgan fingerprint density at radius 1 is 1.03 bits per heavy atom. The third-order valence-corrected chi connectivity index (χ3v) is 4.99. The molecular formula is C26H23N3O2. The molecule has 0 aliphatic heterocycles. The molecule has 0 amide bonds. The number of benzene rings is 3. The highest BCUT2D eigenvalue weighted by atomic mass is 16.5. The van der Waals surface area contributed by atoms with E-state index in [0.717, 1.165) is 27.7 Å². The number of nitrogens with zero attached hydrogens (tertiary/aromatic N) is 2. The van der Waals surface area contributed by atoms with E-state index in [1.807, 2.05) is 55.5 Å². The molecule has 0 spiro atoms. The summed E-state index contributed by atoms with van der Waals surface area (Å²) >= 11 is 0. The van der Waals surface area contributed by atoms with Crippen molar-refractivity contribution in [2.75, 3.05) is 7.11 Å². The van der Waals surface area contributed by atoms with Crippen molar-refractivity contribution in [3.63, 3.8) is 0 Å². The van der Waals surface area contributed by atoms with Gasteiger partial charge in [-0.1, -0.05) is 42.0 Å². The molecule has 3 aromatic carbocycles. The van der Waals surface area contributed by atoms with E-state index < -0.39 is 0 Å². The summed E-state index contributed by atoms with van der Waals surface area (Å²) in [6, 6.07) is 22.0. The number of aromatic nitrogens is 2. The van der Waals surface area contributed by atoms with Gasteiger partial charge in [0, 0.05) is 0 Å². The predicted octanol–water partition coefficient (Wildman–Crippen LogP) is 5.83. The molecule has 4 rings (SSSR count). The lowest BCUT2D eigenvalue weighted by atomic mass is 10.1. The molecule has 0 aliphatic rings. The van der Waals surface area contributed by atoms with Crippen molar-refractivity contribution in [3.8, 4) is 17.6 Å². The third kappa shape index (κ3) is 4.59. The van der Waals surface area contributed by atoms with Gasteiger partial charge in [-0.2, -0.15) is 5.26 Å². The molecule has 4 aromatic rings. The van der Waals surface area contributed by atoms with Gasteiger partial charge >= 0.3 is 0 Å². The lowest BCUT2D eigenvalue weighted by Gasteiger charge is -2.12. The number of aromatic amines is 1. The molecule has 31 heavy (non-hydrogen) atoms. The maximum atomic E-state index is 9.70. The Kier molecular flexibility index (Phi) is 5.72. The quantitative estimate of drug-likeness (QED) is 0.407. The molecular weight excluding hydrogens is 386 g/mol. The van der Waals surface area contributed by atoms with Gasteiger partial charge in [0.25, 0.3) is 0 Å². The van der Waals surface area contributed by atoms with Gasteiger partial charge in [0.15, 0.2) is 11.5 Å². The SMILES string of the molecule is COc1cc(/C=C(/C#N)c2nc3ccc(C)cc3[nH]2)ccc1OCc1cccc(C)c1. The summed E-state index contributed by atoms with van der Waals surface area (Å²) in [4.78, 5) is 7.78. The number of nitrogens with one attached hydrogen (secondary N) is 1. The van der Waals surface area contributed by atoms with Gasteiger partial charge in [-0.15, -0.1) is 0 Å². The van der Waals surface area contributed by atoms with Gasteiger partial charge in [0.2, 0.25) is 0 Å². The van der Waals surface area contributed by atoms with Crippen molar-refractivity contribution in [1.82, 2.24) is 9.97 Å². The van der Waals surface area contributed by atoms with Gasteiger partial charge in [0.05, 0.1) is 23.7 Å². The van der Waals surface area contributed by atoms with Crippen molar-refractivity contribution in [2.24, 2.45) is 0 Å². The third-order valence-electron chi connectivity index (χ3n) is 4.99. The van der Waals surface area contributed by atoms with Crippen LogP contribution < -0.4 is 9.47 Å². The second-order valence-corrected chi connectivity index (χ2v) is 7.46. The zero-order chi connectivity index (χ0) is 21.8. The van der Waals surface area contributed by atoms with Gasteiger partial charge in [-0.3, -0.25) is 0 Å². The average Bonchev–Trinajstić information content (AvgIpc) is 3.19. The number of hydrogen-bond donors (Lipinski definition) is 1. The van der Waals surface area contributed by atoms with Gasteiger partial charge < -0.3 is 14.5 Å². The molecule has 0 fully saturated rings. The molecule has 154 valence electrons. The van der Waals surface area contributed by atoms with E-state index in [9.17, 15) is 5.26 Å². The largest absolute Gasteiger partial charge is 0.493 e. The van der Waals surface area contributed by atoms with Crippen molar-refractivity contribution in [3.05, 3.63) is 88.7 Å². The lowest BCUT2D eigenvalue weighted by molar-refractivity contribution is 0.284. The molecule has 5 nitrogen and oxygen atoms in total. The summed E-state index contributed by atoms with van der Waals surface area (Å²) in [5.74, 6) is 1.81. The van der Waals surface area contributed by atoms with E-state index in [0.29, 0.717) is 29.5 Å². The summed E-state index contributed by atoms with van der Waals surface area (Å²) < 4.78 is 11.5. The Morgan fingerprint density at radius 2 is 1.87 bits per heavy atom. The predicted molar refractivity (Wildman–Crippen MR) is 123 cm³/mol. The molecule has 0 radical (unpaired) electrons. The van der Waals surface area contributed by atoms with Crippen molar-refractivity contribution < 1.29 is 9.47 Å². The van der Waals surface area contributed by atoms with E-state index in [-0.39, 0.29) is 0 Å². The first-order valence-electron chi connectivity index (χ1n) is 10.0. The normalized spacial score (nSPS) is 11.4. The number of hydrogen-bond acceptors (Lipinski definition) is 4. The smallest absolute Gasteiger partial charge is 0.161 e. The van der Waals surface area contributed by atoms with Gasteiger partial charge in [0.1, 0.15) is 18.5 Å². The van der Waals surface area contributed by atoms with Crippen LogP contribution in [0.15, 0.2) is 60.7 Å². The van der Waals surface area contributed by atoms with Crippen LogP contribution >= 0.6 is 0 Å². The fourth-order valence-corrected chi connectivity index (χ4v) is 3.43. The maximum Gasteiger partial charge on any atom is 0.161 e. The number of methoxy groups -OCH3 is 1. The topological polar surface area (TPSA) is 70.9 Å². The summed E-state index contributed by atoms with van der Waals surface area (Å²) in [5, 5.41) is 9.70. The fraction of sp³-hybridized carbons (Fsp3) is 0.154. The van der Waals surface area contributed by atoms with E-state index in [4.69, 9.17) is 9.47 Å². The highest BCUT2D eigenvalue weighted by Gasteiger charge is 2.10. The zero-order valence-electron chi connectivity index (χ0n) is 17.8. The van der Waals surface area contributed by atoms with Crippen LogP contribution in [0.5, 0.6) is 11.5 Å². The van der Waals surface area contributed by atoms with Gasteiger partial charge in [-0.25, -0.2) is 4.98 Å². The molecule has 1 N–H and O–H groups in total. The number of fused-ring (bicyclic) bond motifs is 1. The minimum Gasteiger partial charge on any atom is -0.493 e. The number of imidazole rings is 1. The molecule has 1 aromatic heterocycles. The van der Waals surface area contributed by atoms with Crippen LogP contribution in [0.2, 0.25) is 0 Å². The fourth-order valence-electron chi connectivity index (χ4n) is 3.43. The number of nitriles is 1. The first-order valence-corrected chi connectivity index (χ1v) is 10.0. The molecule has 1 heterocycles. The van der Waals surface area contributed by atoms with Crippen LogP contribution in [0.25, 0.3) is 22.7 Å². The molecule has 0 saturated carbocycles. The first-order chi connectivity index (χ1) is 15.1. The average molecular weight is 409 g/mol. The van der Waals surface area contributed by atoms with Crippen LogP contribution in [0.3, 0.4) is 0 Å². The van der Waals surface area contributed by atoms with Crippen LogP contribution in [0.1, 0.15) is 28.1 Å². The summed E-state index contributed by atoms with van der Waals surface area (Å²) in [6.07, 6.45) is 1.79. The molecule has 5 heteroatoms. The Morgan fingerprint density at radius 3 is 2.65 bits per heavy atom. The highest BCUT2D eigenvalue weighted by Crippen LogP contribution is 2.30. The number of aryl methyl sites for hydroxylation is 2. The molecule has 0 aliphatic carbocycles. The molecule has 0 atom stereocenters. The monoisotopic (exact) mass is 409 g/mol. The van der Waals surface area contributed by atoms with Crippen molar-refractivity contribution >= 4 is 22.7 Å². The summed E-state index contributed by atoms with van der Waals surface area (Å²) in [7, 11) is 1.61. The minimum absolute atomic E-state index is 0.448. The van der Waals surface area contributed by atoms with Crippen molar-refractivity contribution in [1.29, 1.82) is 5.26 Å². The second kappa shape index (κ2) is 8.76. The van der Waals surface area contributed by atoms with E-state index in [1.54, 1.807) is 13.2 Å². The first kappa shape index (κ1) is 20.2. The summed E-state index contributed by atoms with van der Waals surface area (Å²) in [6.45, 7) is 4.53. The van der Waals surface area contributed by atoms with E-state index in [2.05, 4.69) is 35.1 Å². The Bertz CT molecular complexity index is 1310. The Labute approximate surface area is 181 Å². The second-order valence-electron chi connectivity index (χ2n) is 7.46. The number of ether oxygens (including phenoxy) is 2. The molecule has 0 bridgehead atoms. The zero-order valence-corrected chi connectivity index (χ0v) is 17.8. The van der Waals surface area contributed by atoms with Gasteiger partial charge in [-0.05, 0) is 60.9 Å². The lowest BCUT2D eigenvalue weighted by Crippen LogP contribution is -1.98. The summed E-state index contributed by atoms with van der Waals surface area (Å²) in [5.41, 5.74) is 6.44. The molecule has 0 saturated heterocycles. The minimum atomic E-state index is 0.448. The number of rotatable bonds is 6. The Hall–Kier alpha value is -4.04. The number of allylic oxidation sites excluding steroid dienone is 1. The van der Waals surface area contributed by atoms with Crippen LogP contribution in [-0.2, 0) is 6.61 Å². The Balaban J connectivity index is 1.59. The molecule has 0 unspecified atom stereocenters. The number of H-pyrrole nitrogens is 1. The van der Waals surface area contributed by atoms with E-state index in [1.165, 1.54) is 5.56 Å². The highest BCUT2D eigenvalue weighted by molar-refractivity contribution is 5.90. The van der Waals surface area contributed by atoms with Crippen LogP contribution in [-0.4, -0.2) is 17.1 Å². The maximum absolute atomic E-state index is 9.70. The van der Waals surface area contributed by atoms with Crippen molar-refractivity contribution in [2.45, 2.75) is 20.5 Å².